The highest BCUT2D eigenvalue weighted by molar-refractivity contribution is 6.32. The lowest BCUT2D eigenvalue weighted by molar-refractivity contribution is 0.475. The lowest BCUT2D eigenvalue weighted by atomic mass is 10.2. The molecule has 0 unspecified atom stereocenters. The molecule has 2 aromatic rings. The van der Waals surface area contributed by atoms with Crippen molar-refractivity contribution in [3.63, 3.8) is 0 Å². The van der Waals surface area contributed by atoms with Crippen LogP contribution in [-0.2, 0) is 0 Å². The van der Waals surface area contributed by atoms with Gasteiger partial charge in [0.25, 0.3) is 0 Å². The van der Waals surface area contributed by atoms with E-state index in [-0.39, 0.29) is 10.8 Å². The summed E-state index contributed by atoms with van der Waals surface area (Å²) in [5.41, 5.74) is 0.729. The number of hydrogen-bond donors (Lipinski definition) is 2. The number of phenolic OH excluding ortho intramolecular Hbond substituents is 1. The molecule has 0 fully saturated rings. The molecule has 0 saturated carbocycles. The van der Waals surface area contributed by atoms with E-state index < -0.39 is 0 Å². The fourth-order valence-corrected chi connectivity index (χ4v) is 1.12. The van der Waals surface area contributed by atoms with E-state index in [1.807, 2.05) is 0 Å². The van der Waals surface area contributed by atoms with Crippen molar-refractivity contribution >= 4 is 11.6 Å². The Labute approximate surface area is 78.4 Å². The third-order valence-electron chi connectivity index (χ3n) is 1.57. The number of H-pyrrole nitrogens is 1. The molecule has 0 aliphatic carbocycles. The minimum Gasteiger partial charge on any atom is -0.506 e. The van der Waals surface area contributed by atoms with Crippen molar-refractivity contribution in [3.8, 4) is 17.1 Å². The summed E-state index contributed by atoms with van der Waals surface area (Å²) in [4.78, 5) is 0. The van der Waals surface area contributed by atoms with Crippen molar-refractivity contribution in [2.24, 2.45) is 0 Å². The van der Waals surface area contributed by atoms with Crippen LogP contribution in [0.1, 0.15) is 0 Å². The smallest absolute Gasteiger partial charge is 0.179 e. The van der Waals surface area contributed by atoms with Crippen molar-refractivity contribution < 1.29 is 5.11 Å². The molecule has 1 aromatic carbocycles. The first-order valence-corrected chi connectivity index (χ1v) is 3.88. The van der Waals surface area contributed by atoms with Crippen molar-refractivity contribution in [1.82, 2.24) is 20.6 Å². The average molecular weight is 197 g/mol. The Hall–Kier alpha value is -1.62. The number of tetrazole rings is 1. The Morgan fingerprint density at radius 1 is 1.38 bits per heavy atom. The maximum absolute atomic E-state index is 9.15. The Balaban J connectivity index is 2.49. The number of nitrogens with one attached hydrogen (secondary N) is 1. The highest BCUT2D eigenvalue weighted by Gasteiger charge is 2.04. The van der Waals surface area contributed by atoms with Crippen LogP contribution in [0.15, 0.2) is 18.2 Å². The van der Waals surface area contributed by atoms with Crippen LogP contribution in [0.25, 0.3) is 11.4 Å². The standard InChI is InChI=1S/C7H5ClN4O/c8-5-3-4(1-2-6(5)13)7-9-11-12-10-7/h1-3,13H,(H,9,10,11,12). The zero-order chi connectivity index (χ0) is 9.26. The van der Waals surface area contributed by atoms with Gasteiger partial charge in [-0.05, 0) is 28.6 Å². The predicted molar refractivity (Wildman–Crippen MR) is 46.3 cm³/mol. The molecule has 0 aliphatic heterocycles. The molecule has 0 amide bonds. The summed E-state index contributed by atoms with van der Waals surface area (Å²) < 4.78 is 0. The van der Waals surface area contributed by atoms with Crippen LogP contribution in [0.4, 0.5) is 0 Å². The molecule has 0 saturated heterocycles. The third kappa shape index (κ3) is 1.46. The summed E-state index contributed by atoms with van der Waals surface area (Å²) >= 11 is 5.70. The van der Waals surface area contributed by atoms with Crippen molar-refractivity contribution in [2.75, 3.05) is 0 Å². The summed E-state index contributed by atoms with van der Waals surface area (Å²) in [5.74, 6) is 0.555. The van der Waals surface area contributed by atoms with E-state index >= 15 is 0 Å². The van der Waals surface area contributed by atoms with Gasteiger partial charge in [0.2, 0.25) is 0 Å². The van der Waals surface area contributed by atoms with Crippen molar-refractivity contribution in [3.05, 3.63) is 23.2 Å². The van der Waals surface area contributed by atoms with E-state index in [2.05, 4.69) is 20.6 Å². The average Bonchev–Trinajstić information content (AvgIpc) is 2.62. The van der Waals surface area contributed by atoms with E-state index in [1.165, 1.54) is 6.07 Å². The van der Waals surface area contributed by atoms with E-state index in [4.69, 9.17) is 16.7 Å². The maximum Gasteiger partial charge on any atom is 0.179 e. The Kier molecular flexibility index (Phi) is 1.86. The second kappa shape index (κ2) is 3.02. The van der Waals surface area contributed by atoms with Gasteiger partial charge in [-0.3, -0.25) is 0 Å². The number of rotatable bonds is 1. The molecule has 0 atom stereocenters. The van der Waals surface area contributed by atoms with Gasteiger partial charge in [-0.25, -0.2) is 5.10 Å². The molecule has 0 spiro atoms. The summed E-state index contributed by atoms with van der Waals surface area (Å²) in [6, 6.07) is 4.74. The summed E-state index contributed by atoms with van der Waals surface area (Å²) in [6.45, 7) is 0. The number of nitrogens with zero attached hydrogens (tertiary/aromatic N) is 3. The Bertz CT molecular complexity index is 414. The number of phenols is 1. The quantitative estimate of drug-likeness (QED) is 0.719. The van der Waals surface area contributed by atoms with Gasteiger partial charge >= 0.3 is 0 Å². The first-order valence-electron chi connectivity index (χ1n) is 3.50. The van der Waals surface area contributed by atoms with Crippen LogP contribution in [0.3, 0.4) is 0 Å². The largest absolute Gasteiger partial charge is 0.506 e. The van der Waals surface area contributed by atoms with Gasteiger partial charge in [0, 0.05) is 5.56 Å². The molecular weight excluding hydrogens is 192 g/mol. The number of hydrogen-bond acceptors (Lipinski definition) is 4. The zero-order valence-electron chi connectivity index (χ0n) is 6.40. The normalized spacial score (nSPS) is 10.2. The summed E-state index contributed by atoms with van der Waals surface area (Å²) in [5, 5.41) is 22.6. The molecule has 0 radical (unpaired) electrons. The number of halogens is 1. The van der Waals surface area contributed by atoms with E-state index in [1.54, 1.807) is 12.1 Å². The van der Waals surface area contributed by atoms with Crippen LogP contribution in [0.5, 0.6) is 5.75 Å². The van der Waals surface area contributed by atoms with Crippen molar-refractivity contribution in [2.45, 2.75) is 0 Å². The molecule has 6 heteroatoms. The van der Waals surface area contributed by atoms with Crippen LogP contribution in [-0.4, -0.2) is 25.7 Å². The summed E-state index contributed by atoms with van der Waals surface area (Å²) in [6.07, 6.45) is 0. The van der Waals surface area contributed by atoms with Gasteiger partial charge in [0.1, 0.15) is 5.75 Å². The fraction of sp³-hybridized carbons (Fsp3) is 0. The number of aromatic hydroxyl groups is 1. The Morgan fingerprint density at radius 3 is 2.85 bits per heavy atom. The first kappa shape index (κ1) is 8.00. The van der Waals surface area contributed by atoms with Crippen LogP contribution in [0.2, 0.25) is 5.02 Å². The topological polar surface area (TPSA) is 74.7 Å². The Morgan fingerprint density at radius 2 is 2.23 bits per heavy atom. The molecule has 2 N–H and O–H groups in total. The van der Waals surface area contributed by atoms with E-state index in [9.17, 15) is 0 Å². The highest BCUT2D eigenvalue weighted by atomic mass is 35.5. The molecule has 0 aliphatic rings. The minimum absolute atomic E-state index is 0.0397. The molecule has 13 heavy (non-hydrogen) atoms. The van der Waals surface area contributed by atoms with Crippen molar-refractivity contribution in [1.29, 1.82) is 0 Å². The first-order chi connectivity index (χ1) is 6.27. The SMILES string of the molecule is Oc1ccc(-c2nnn[nH]2)cc1Cl. The molecule has 5 nitrogen and oxygen atoms in total. The number of aromatic amines is 1. The lowest BCUT2D eigenvalue weighted by Crippen LogP contribution is -1.80. The van der Waals surface area contributed by atoms with Gasteiger partial charge < -0.3 is 5.11 Å². The molecule has 0 bridgehead atoms. The van der Waals surface area contributed by atoms with E-state index in [0.29, 0.717) is 5.82 Å². The van der Waals surface area contributed by atoms with E-state index in [0.717, 1.165) is 5.56 Å². The monoisotopic (exact) mass is 196 g/mol. The van der Waals surface area contributed by atoms with Gasteiger partial charge in [-0.15, -0.1) is 5.10 Å². The highest BCUT2D eigenvalue weighted by Crippen LogP contribution is 2.27. The van der Waals surface area contributed by atoms with Gasteiger partial charge in [0.05, 0.1) is 5.02 Å². The van der Waals surface area contributed by atoms with Crippen LogP contribution < -0.4 is 0 Å². The van der Waals surface area contributed by atoms with Crippen LogP contribution in [0, 0.1) is 0 Å². The van der Waals surface area contributed by atoms with Crippen LogP contribution >= 0.6 is 11.6 Å². The predicted octanol–water partition coefficient (Wildman–Crippen LogP) is 1.23. The number of benzene rings is 1. The molecule has 2 rings (SSSR count). The molecule has 1 aromatic heterocycles. The van der Waals surface area contributed by atoms with Gasteiger partial charge in [0.15, 0.2) is 5.82 Å². The second-order valence-corrected chi connectivity index (χ2v) is 2.82. The maximum atomic E-state index is 9.15. The van der Waals surface area contributed by atoms with Gasteiger partial charge in [-0.2, -0.15) is 0 Å². The lowest BCUT2D eigenvalue weighted by Gasteiger charge is -1.98. The second-order valence-electron chi connectivity index (χ2n) is 2.42. The zero-order valence-corrected chi connectivity index (χ0v) is 7.15. The number of aromatic nitrogens is 4. The third-order valence-corrected chi connectivity index (χ3v) is 1.87. The molecule has 66 valence electrons. The summed E-state index contributed by atoms with van der Waals surface area (Å²) in [7, 11) is 0. The molecular formula is C7H5ClN4O. The minimum atomic E-state index is 0.0397. The van der Waals surface area contributed by atoms with Gasteiger partial charge in [-0.1, -0.05) is 11.6 Å². The molecule has 1 heterocycles. The fourth-order valence-electron chi connectivity index (χ4n) is 0.936.